The summed E-state index contributed by atoms with van der Waals surface area (Å²) in [6.45, 7) is 10.2. The van der Waals surface area contributed by atoms with Gasteiger partial charge in [0.05, 0.1) is 6.54 Å². The third kappa shape index (κ3) is 5.37. The van der Waals surface area contributed by atoms with Crippen LogP contribution in [0.4, 0.5) is 0 Å². The fourth-order valence-corrected chi connectivity index (χ4v) is 2.53. The van der Waals surface area contributed by atoms with Crippen LogP contribution in [0.1, 0.15) is 43.6 Å². The van der Waals surface area contributed by atoms with Crippen LogP contribution in [0.15, 0.2) is 23.1 Å². The molecule has 1 aromatic carbocycles. The fourth-order valence-electron chi connectivity index (χ4n) is 2.09. The molecule has 0 radical (unpaired) electrons. The quantitative estimate of drug-likeness (QED) is 0.848. The number of hydrogen-bond acceptors (Lipinski definition) is 3. The maximum Gasteiger partial charge on any atom is 0.254 e. The Hall–Kier alpha value is -1.49. The highest BCUT2D eigenvalue weighted by Gasteiger charge is 2.21. The summed E-state index contributed by atoms with van der Waals surface area (Å²) in [6.07, 6.45) is 1.98. The molecule has 1 N–H and O–H groups in total. The molecule has 0 bridgehead atoms. The predicted octanol–water partition coefficient (Wildman–Crippen LogP) is 3.09. The van der Waals surface area contributed by atoms with Crippen molar-refractivity contribution in [2.45, 2.75) is 45.1 Å². The molecule has 122 valence electrons. The average Bonchev–Trinajstić information content (AvgIpc) is 2.42. The zero-order valence-electron chi connectivity index (χ0n) is 14.3. The molecule has 2 amide bonds. The van der Waals surface area contributed by atoms with Crippen LogP contribution in [0.25, 0.3) is 0 Å². The molecule has 0 aliphatic carbocycles. The van der Waals surface area contributed by atoms with Gasteiger partial charge in [0.2, 0.25) is 5.91 Å². The number of nitrogens with one attached hydrogen (secondary N) is 1. The van der Waals surface area contributed by atoms with E-state index >= 15 is 0 Å². The molecule has 0 fully saturated rings. The highest BCUT2D eigenvalue weighted by atomic mass is 32.2. The van der Waals surface area contributed by atoms with Gasteiger partial charge in [-0.1, -0.05) is 6.07 Å². The molecular weight excluding hydrogens is 296 g/mol. The lowest BCUT2D eigenvalue weighted by atomic mass is 10.1. The van der Waals surface area contributed by atoms with Gasteiger partial charge in [0.25, 0.3) is 5.91 Å². The third-order valence-corrected chi connectivity index (χ3v) is 3.92. The maximum atomic E-state index is 12.7. The smallest absolute Gasteiger partial charge is 0.254 e. The van der Waals surface area contributed by atoms with Crippen LogP contribution in [-0.2, 0) is 4.79 Å². The molecule has 0 saturated carbocycles. The third-order valence-electron chi connectivity index (χ3n) is 3.19. The van der Waals surface area contributed by atoms with Gasteiger partial charge in [0.15, 0.2) is 0 Å². The van der Waals surface area contributed by atoms with E-state index in [-0.39, 0.29) is 23.9 Å². The first-order valence-corrected chi connectivity index (χ1v) is 8.65. The highest BCUT2D eigenvalue weighted by Crippen LogP contribution is 2.20. The molecule has 0 atom stereocenters. The van der Waals surface area contributed by atoms with Gasteiger partial charge in [-0.2, -0.15) is 0 Å². The van der Waals surface area contributed by atoms with Gasteiger partial charge in [-0.05, 0) is 58.6 Å². The number of benzene rings is 1. The number of rotatable bonds is 5. The van der Waals surface area contributed by atoms with Crippen molar-refractivity contribution < 1.29 is 9.59 Å². The lowest BCUT2D eigenvalue weighted by molar-refractivity contribution is -0.123. The molecule has 4 nitrogen and oxygen atoms in total. The molecule has 0 saturated heterocycles. The lowest BCUT2D eigenvalue weighted by Gasteiger charge is -2.25. The van der Waals surface area contributed by atoms with E-state index in [4.69, 9.17) is 0 Å². The predicted molar refractivity (Wildman–Crippen MR) is 92.4 cm³/mol. The Kier molecular flexibility index (Phi) is 6.48. The van der Waals surface area contributed by atoms with Crippen molar-refractivity contribution in [1.29, 1.82) is 0 Å². The van der Waals surface area contributed by atoms with E-state index in [1.807, 2.05) is 59.1 Å². The zero-order valence-corrected chi connectivity index (χ0v) is 15.1. The van der Waals surface area contributed by atoms with Crippen molar-refractivity contribution in [3.8, 4) is 0 Å². The number of carbonyl (C=O) groups is 2. The SMILES string of the molecule is CCN(CC(=O)NC(C)(C)C)C(=O)c1cc(SC)ccc1C. The summed E-state index contributed by atoms with van der Waals surface area (Å²) in [5.74, 6) is -0.235. The largest absolute Gasteiger partial charge is 0.350 e. The number of aryl methyl sites for hydroxylation is 1. The van der Waals surface area contributed by atoms with E-state index in [1.54, 1.807) is 16.7 Å². The summed E-state index contributed by atoms with van der Waals surface area (Å²) in [6, 6.07) is 5.84. The summed E-state index contributed by atoms with van der Waals surface area (Å²) < 4.78 is 0. The van der Waals surface area contributed by atoms with Crippen LogP contribution in [0.2, 0.25) is 0 Å². The number of carbonyl (C=O) groups excluding carboxylic acids is 2. The van der Waals surface area contributed by atoms with Crippen LogP contribution in [0.5, 0.6) is 0 Å². The molecular formula is C17H26N2O2S. The summed E-state index contributed by atoms with van der Waals surface area (Å²) in [5.41, 5.74) is 1.29. The van der Waals surface area contributed by atoms with Crippen molar-refractivity contribution in [2.24, 2.45) is 0 Å². The van der Waals surface area contributed by atoms with Crippen molar-refractivity contribution >= 4 is 23.6 Å². The minimum Gasteiger partial charge on any atom is -0.350 e. The molecule has 0 aliphatic heterocycles. The minimum absolute atomic E-state index is 0.0789. The summed E-state index contributed by atoms with van der Waals surface area (Å²) in [5, 5.41) is 2.89. The monoisotopic (exact) mass is 322 g/mol. The lowest BCUT2D eigenvalue weighted by Crippen LogP contribution is -2.47. The fraction of sp³-hybridized carbons (Fsp3) is 0.529. The van der Waals surface area contributed by atoms with E-state index in [0.717, 1.165) is 10.5 Å². The van der Waals surface area contributed by atoms with Gasteiger partial charge < -0.3 is 10.2 Å². The molecule has 0 unspecified atom stereocenters. The number of hydrogen-bond donors (Lipinski definition) is 1. The van der Waals surface area contributed by atoms with Crippen molar-refractivity contribution in [3.63, 3.8) is 0 Å². The van der Waals surface area contributed by atoms with E-state index in [9.17, 15) is 9.59 Å². The van der Waals surface area contributed by atoms with Crippen molar-refractivity contribution in [3.05, 3.63) is 29.3 Å². The number of thioether (sulfide) groups is 1. The van der Waals surface area contributed by atoms with Gasteiger partial charge in [0.1, 0.15) is 0 Å². The number of amides is 2. The van der Waals surface area contributed by atoms with Gasteiger partial charge in [0, 0.05) is 22.5 Å². The Morgan fingerprint density at radius 3 is 2.41 bits per heavy atom. The second kappa shape index (κ2) is 7.68. The molecule has 1 aromatic rings. The molecule has 0 aromatic heterocycles. The molecule has 0 aliphatic rings. The van der Waals surface area contributed by atoms with Crippen LogP contribution in [0, 0.1) is 6.92 Å². The second-order valence-corrected chi connectivity index (χ2v) is 7.18. The second-order valence-electron chi connectivity index (χ2n) is 6.30. The Morgan fingerprint density at radius 2 is 1.91 bits per heavy atom. The highest BCUT2D eigenvalue weighted by molar-refractivity contribution is 7.98. The molecule has 22 heavy (non-hydrogen) atoms. The molecule has 5 heteroatoms. The van der Waals surface area contributed by atoms with Crippen LogP contribution >= 0.6 is 11.8 Å². The topological polar surface area (TPSA) is 49.4 Å². The van der Waals surface area contributed by atoms with Gasteiger partial charge in [-0.3, -0.25) is 9.59 Å². The van der Waals surface area contributed by atoms with E-state index < -0.39 is 0 Å². The Morgan fingerprint density at radius 1 is 1.27 bits per heavy atom. The number of nitrogens with zero attached hydrogens (tertiary/aromatic N) is 1. The Labute approximate surface area is 137 Å². The minimum atomic E-state index is -0.297. The number of likely N-dealkylation sites (N-methyl/N-ethyl adjacent to an activating group) is 1. The van der Waals surface area contributed by atoms with Crippen LogP contribution in [-0.4, -0.2) is 41.6 Å². The first-order valence-electron chi connectivity index (χ1n) is 7.43. The van der Waals surface area contributed by atoms with Gasteiger partial charge >= 0.3 is 0 Å². The van der Waals surface area contributed by atoms with Gasteiger partial charge in [-0.15, -0.1) is 11.8 Å². The van der Waals surface area contributed by atoms with E-state index in [1.165, 1.54) is 0 Å². The standard InChI is InChI=1S/C17H26N2O2S/c1-7-19(11-15(20)18-17(3,4)5)16(21)14-10-13(22-6)9-8-12(14)2/h8-10H,7,11H2,1-6H3,(H,18,20). The van der Waals surface area contributed by atoms with Crippen LogP contribution in [0.3, 0.4) is 0 Å². The summed E-state index contributed by atoms with van der Waals surface area (Å²) >= 11 is 1.60. The summed E-state index contributed by atoms with van der Waals surface area (Å²) in [4.78, 5) is 27.4. The Bertz CT molecular complexity index is 550. The van der Waals surface area contributed by atoms with Crippen LogP contribution < -0.4 is 5.32 Å². The van der Waals surface area contributed by atoms with E-state index in [0.29, 0.717) is 12.1 Å². The van der Waals surface area contributed by atoms with E-state index in [2.05, 4.69) is 5.32 Å². The van der Waals surface area contributed by atoms with Crippen molar-refractivity contribution in [2.75, 3.05) is 19.3 Å². The van der Waals surface area contributed by atoms with Crippen molar-refractivity contribution in [1.82, 2.24) is 10.2 Å². The first-order chi connectivity index (χ1) is 10.2. The Balaban J connectivity index is 2.91. The molecule has 0 heterocycles. The maximum absolute atomic E-state index is 12.7. The molecule has 1 rings (SSSR count). The zero-order chi connectivity index (χ0) is 16.9. The average molecular weight is 322 g/mol. The summed E-state index contributed by atoms with van der Waals surface area (Å²) in [7, 11) is 0. The first kappa shape index (κ1) is 18.6. The van der Waals surface area contributed by atoms with Gasteiger partial charge in [-0.25, -0.2) is 0 Å². The normalized spacial score (nSPS) is 11.2. The molecule has 0 spiro atoms.